The summed E-state index contributed by atoms with van der Waals surface area (Å²) in [6.07, 6.45) is 22.5. The number of nitrogens with zero attached hydrogens (tertiary/aromatic N) is 1. The lowest BCUT2D eigenvalue weighted by molar-refractivity contribution is -0.0451. The summed E-state index contributed by atoms with van der Waals surface area (Å²) < 4.78 is 27.2. The summed E-state index contributed by atoms with van der Waals surface area (Å²) >= 11 is 0. The molecule has 1 unspecified atom stereocenters. The van der Waals surface area contributed by atoms with Gasteiger partial charge in [-0.25, -0.2) is 4.57 Å². The number of phosphoric ester groups is 1. The molecule has 0 aliphatic carbocycles. The molecule has 8 heteroatoms. The largest absolute Gasteiger partial charge is 0.491 e. The zero-order chi connectivity index (χ0) is 23.0. The Morgan fingerprint density at radius 1 is 0.677 bits per heavy atom. The number of phosphoric acid groups is 1. The highest BCUT2D eigenvalue weighted by Gasteiger charge is 2.26. The van der Waals surface area contributed by atoms with Crippen molar-refractivity contribution in [2.75, 3.05) is 39.3 Å². The molecular weight excluding hydrogens is 449 g/mol. The first-order chi connectivity index (χ1) is 15.0. The first-order valence-electron chi connectivity index (χ1n) is 12.5. The summed E-state index contributed by atoms with van der Waals surface area (Å²) in [7, 11) is 4.81. The van der Waals surface area contributed by atoms with Gasteiger partial charge in [-0.3, -0.25) is 9.05 Å². The third kappa shape index (κ3) is 23.7. The van der Waals surface area contributed by atoms with Gasteiger partial charge in [-0.15, -0.1) is 0 Å². The Balaban J connectivity index is 3.21. The third-order valence-electron chi connectivity index (χ3n) is 5.07. The van der Waals surface area contributed by atoms with Crippen LogP contribution < -0.4 is 0 Å². The van der Waals surface area contributed by atoms with Crippen LogP contribution in [0, 0.1) is 0 Å². The lowest BCUT2D eigenvalue weighted by Crippen LogP contribution is -2.13. The Morgan fingerprint density at radius 2 is 1.10 bits per heavy atom. The van der Waals surface area contributed by atoms with Crippen LogP contribution in [0.4, 0.5) is 0 Å². The fraction of sp³-hybridized carbons (Fsp3) is 1.00. The molecule has 0 radical (unpaired) electrons. The normalized spacial score (nSPS) is 13.7. The standard InChI is InChI=1S/C23H50NO4PS2/c1-5-6-7-8-9-10-11-12-13-14-15-16-17-18-19-20-22-30-31-23-21-27-29(25,26-4)28-24(2)3/h5-23H2,1-4H3. The van der Waals surface area contributed by atoms with Crippen molar-refractivity contribution in [3.05, 3.63) is 0 Å². The molecule has 0 aromatic heterocycles. The van der Waals surface area contributed by atoms with Crippen molar-refractivity contribution < 1.29 is 18.2 Å². The Kier molecular flexibility index (Phi) is 24.5. The maximum Gasteiger partial charge on any atom is 0.491 e. The SMILES string of the molecule is CCCCCCCCCCCCCCCCCCSSCCOP(=O)(OC)ON(C)C. The molecule has 0 heterocycles. The highest BCUT2D eigenvalue weighted by Crippen LogP contribution is 2.49. The van der Waals surface area contributed by atoms with Gasteiger partial charge in [0.2, 0.25) is 0 Å². The van der Waals surface area contributed by atoms with Crippen LogP contribution in [0.15, 0.2) is 0 Å². The van der Waals surface area contributed by atoms with Gasteiger partial charge in [-0.2, -0.15) is 9.69 Å². The van der Waals surface area contributed by atoms with Gasteiger partial charge in [0.25, 0.3) is 0 Å². The van der Waals surface area contributed by atoms with Crippen molar-refractivity contribution in [3.8, 4) is 0 Å². The maximum atomic E-state index is 12.1. The highest BCUT2D eigenvalue weighted by molar-refractivity contribution is 8.76. The zero-order valence-electron chi connectivity index (χ0n) is 20.8. The predicted molar refractivity (Wildman–Crippen MR) is 140 cm³/mol. The van der Waals surface area contributed by atoms with E-state index in [1.54, 1.807) is 24.9 Å². The van der Waals surface area contributed by atoms with Gasteiger partial charge in [0.15, 0.2) is 0 Å². The molecule has 0 aromatic rings. The molecule has 0 aliphatic rings. The van der Waals surface area contributed by atoms with Gasteiger partial charge in [-0.05, 0) is 6.42 Å². The van der Waals surface area contributed by atoms with E-state index < -0.39 is 7.82 Å². The van der Waals surface area contributed by atoms with Gasteiger partial charge in [-0.1, -0.05) is 125 Å². The Labute approximate surface area is 201 Å². The van der Waals surface area contributed by atoms with Gasteiger partial charge in [0, 0.05) is 32.7 Å². The minimum absolute atomic E-state index is 0.357. The van der Waals surface area contributed by atoms with Crippen LogP contribution in [0.2, 0.25) is 0 Å². The smallest absolute Gasteiger partial charge is 0.289 e. The van der Waals surface area contributed by atoms with Gasteiger partial charge in [0.1, 0.15) is 0 Å². The van der Waals surface area contributed by atoms with E-state index in [0.29, 0.717) is 6.61 Å². The van der Waals surface area contributed by atoms with E-state index in [1.165, 1.54) is 121 Å². The fourth-order valence-corrected chi connectivity index (χ4v) is 6.35. The number of unbranched alkanes of at least 4 members (excludes halogenated alkanes) is 15. The van der Waals surface area contributed by atoms with E-state index >= 15 is 0 Å². The van der Waals surface area contributed by atoms with Crippen LogP contribution >= 0.6 is 29.4 Å². The molecule has 0 saturated carbocycles. The Hall–Kier alpha value is 0.770. The molecule has 0 fully saturated rings. The third-order valence-corrected chi connectivity index (χ3v) is 9.00. The summed E-state index contributed by atoms with van der Waals surface area (Å²) in [5, 5.41) is 1.34. The minimum Gasteiger partial charge on any atom is -0.289 e. The van der Waals surface area contributed by atoms with E-state index in [1.807, 2.05) is 10.8 Å². The molecule has 0 N–H and O–H groups in total. The highest BCUT2D eigenvalue weighted by atomic mass is 33.1. The topological polar surface area (TPSA) is 48.0 Å². The van der Waals surface area contributed by atoms with E-state index in [9.17, 15) is 4.57 Å². The van der Waals surface area contributed by atoms with Crippen molar-refractivity contribution in [3.63, 3.8) is 0 Å². The molecule has 5 nitrogen and oxygen atoms in total. The summed E-state index contributed by atoms with van der Waals surface area (Å²) in [5.41, 5.74) is 0. The number of rotatable bonds is 25. The van der Waals surface area contributed by atoms with E-state index in [-0.39, 0.29) is 0 Å². The number of hydroxylamine groups is 2. The summed E-state index contributed by atoms with van der Waals surface area (Å²) in [4.78, 5) is 0. The van der Waals surface area contributed by atoms with Crippen molar-refractivity contribution >= 4 is 29.4 Å². The maximum absolute atomic E-state index is 12.1. The zero-order valence-corrected chi connectivity index (χ0v) is 23.3. The molecule has 0 amide bonds. The Morgan fingerprint density at radius 3 is 1.52 bits per heavy atom. The summed E-state index contributed by atoms with van der Waals surface area (Å²) in [5.74, 6) is 1.94. The first kappa shape index (κ1) is 31.8. The average Bonchev–Trinajstić information content (AvgIpc) is 2.74. The lowest BCUT2D eigenvalue weighted by Gasteiger charge is -2.18. The molecule has 0 rings (SSSR count). The Bertz CT molecular complexity index is 417. The van der Waals surface area contributed by atoms with Crippen LogP contribution in [0.3, 0.4) is 0 Å². The van der Waals surface area contributed by atoms with Crippen LogP contribution in [-0.4, -0.2) is 44.4 Å². The molecule has 188 valence electrons. The van der Waals surface area contributed by atoms with Crippen LogP contribution in [0.25, 0.3) is 0 Å². The van der Waals surface area contributed by atoms with Gasteiger partial charge in [0.05, 0.1) is 6.61 Å². The molecular formula is C23H50NO4PS2. The quantitative estimate of drug-likeness (QED) is 0.0538. The van der Waals surface area contributed by atoms with Crippen LogP contribution in [0.1, 0.15) is 110 Å². The molecule has 0 saturated heterocycles. The molecule has 1 atom stereocenters. The number of hydrogen-bond acceptors (Lipinski definition) is 7. The van der Waals surface area contributed by atoms with Crippen molar-refractivity contribution in [1.82, 2.24) is 5.06 Å². The average molecular weight is 500 g/mol. The summed E-state index contributed by atoms with van der Waals surface area (Å²) in [6.45, 7) is 2.64. The molecule has 0 bridgehead atoms. The van der Waals surface area contributed by atoms with Crippen molar-refractivity contribution in [2.45, 2.75) is 110 Å². The van der Waals surface area contributed by atoms with Crippen LogP contribution in [-0.2, 0) is 18.2 Å². The second-order valence-corrected chi connectivity index (χ2v) is 12.7. The molecule has 0 spiro atoms. The minimum atomic E-state index is -3.45. The summed E-state index contributed by atoms with van der Waals surface area (Å²) in [6, 6.07) is 0. The molecule has 0 aliphatic heterocycles. The van der Waals surface area contributed by atoms with E-state index in [4.69, 9.17) is 13.7 Å². The predicted octanol–water partition coefficient (Wildman–Crippen LogP) is 8.89. The number of hydrogen-bond donors (Lipinski definition) is 0. The van der Waals surface area contributed by atoms with Crippen LogP contribution in [0.5, 0.6) is 0 Å². The van der Waals surface area contributed by atoms with E-state index in [0.717, 1.165) is 5.75 Å². The van der Waals surface area contributed by atoms with Gasteiger partial charge >= 0.3 is 7.82 Å². The molecule has 0 aromatic carbocycles. The molecule has 31 heavy (non-hydrogen) atoms. The fourth-order valence-electron chi connectivity index (χ4n) is 3.32. The first-order valence-corrected chi connectivity index (χ1v) is 16.4. The monoisotopic (exact) mass is 499 g/mol. The second-order valence-electron chi connectivity index (χ2n) is 8.30. The lowest BCUT2D eigenvalue weighted by atomic mass is 10.0. The van der Waals surface area contributed by atoms with Crippen molar-refractivity contribution in [1.29, 1.82) is 0 Å². The van der Waals surface area contributed by atoms with Crippen molar-refractivity contribution in [2.24, 2.45) is 0 Å². The van der Waals surface area contributed by atoms with E-state index in [2.05, 4.69) is 6.92 Å². The van der Waals surface area contributed by atoms with Gasteiger partial charge < -0.3 is 0 Å². The second kappa shape index (κ2) is 23.9.